The Morgan fingerprint density at radius 3 is 2.50 bits per heavy atom. The number of benzene rings is 1. The third-order valence-corrected chi connectivity index (χ3v) is 2.33. The van der Waals surface area contributed by atoms with Crippen molar-refractivity contribution < 1.29 is 13.5 Å². The quantitative estimate of drug-likeness (QED) is 0.908. The molecule has 1 rings (SSSR count). The lowest BCUT2D eigenvalue weighted by molar-refractivity contribution is -0.0504. The maximum absolute atomic E-state index is 12.2. The molecule has 0 radical (unpaired) electrons. The van der Waals surface area contributed by atoms with Gasteiger partial charge in [0.2, 0.25) is 0 Å². The van der Waals surface area contributed by atoms with E-state index in [0.717, 1.165) is 0 Å². The molecule has 16 heavy (non-hydrogen) atoms. The molecule has 0 saturated heterocycles. The SMILES string of the molecule is CC(N)Cc1cc(Cl)cc(Cl)c1OC(F)F. The maximum atomic E-state index is 12.2. The standard InChI is InChI=1S/C10H11Cl2F2NO/c1-5(15)2-6-3-7(11)4-8(12)9(6)16-10(13)14/h3-5,10H,2,15H2,1H3. The third-order valence-electron chi connectivity index (χ3n) is 1.83. The molecular weight excluding hydrogens is 259 g/mol. The van der Waals surface area contributed by atoms with Gasteiger partial charge < -0.3 is 10.5 Å². The molecule has 1 atom stereocenters. The van der Waals surface area contributed by atoms with E-state index < -0.39 is 6.61 Å². The molecule has 0 aliphatic rings. The molecule has 0 aromatic heterocycles. The number of ether oxygens (including phenoxy) is 1. The van der Waals surface area contributed by atoms with Gasteiger partial charge in [0, 0.05) is 11.1 Å². The van der Waals surface area contributed by atoms with Gasteiger partial charge in [-0.2, -0.15) is 8.78 Å². The Balaban J connectivity index is 3.10. The molecule has 1 aromatic carbocycles. The van der Waals surface area contributed by atoms with Crippen LogP contribution < -0.4 is 10.5 Å². The van der Waals surface area contributed by atoms with Crippen molar-refractivity contribution >= 4 is 23.2 Å². The number of nitrogens with two attached hydrogens (primary N) is 1. The summed E-state index contributed by atoms with van der Waals surface area (Å²) in [4.78, 5) is 0. The summed E-state index contributed by atoms with van der Waals surface area (Å²) in [5.74, 6) is -0.0571. The van der Waals surface area contributed by atoms with Gasteiger partial charge in [-0.1, -0.05) is 23.2 Å². The van der Waals surface area contributed by atoms with Crippen molar-refractivity contribution in [3.63, 3.8) is 0 Å². The molecule has 1 unspecified atom stereocenters. The van der Waals surface area contributed by atoms with E-state index in [1.165, 1.54) is 12.1 Å². The number of hydrogen-bond donors (Lipinski definition) is 1. The van der Waals surface area contributed by atoms with E-state index in [-0.39, 0.29) is 16.8 Å². The lowest BCUT2D eigenvalue weighted by Gasteiger charge is -2.14. The zero-order valence-corrected chi connectivity index (χ0v) is 10.0. The fraction of sp³-hybridized carbons (Fsp3) is 0.400. The zero-order valence-electron chi connectivity index (χ0n) is 8.51. The highest BCUT2D eigenvalue weighted by Crippen LogP contribution is 2.34. The Morgan fingerprint density at radius 2 is 2.00 bits per heavy atom. The number of halogens is 4. The van der Waals surface area contributed by atoms with Gasteiger partial charge in [-0.3, -0.25) is 0 Å². The largest absolute Gasteiger partial charge is 0.433 e. The molecule has 0 fully saturated rings. The van der Waals surface area contributed by atoms with Gasteiger partial charge in [0.05, 0.1) is 5.02 Å². The fourth-order valence-corrected chi connectivity index (χ4v) is 1.91. The molecular formula is C10H11Cl2F2NO. The van der Waals surface area contributed by atoms with Gasteiger partial charge in [0.1, 0.15) is 5.75 Å². The van der Waals surface area contributed by atoms with Crippen LogP contribution >= 0.6 is 23.2 Å². The Bertz CT molecular complexity index is 372. The van der Waals surface area contributed by atoms with Gasteiger partial charge in [-0.15, -0.1) is 0 Å². The molecule has 6 heteroatoms. The lowest BCUT2D eigenvalue weighted by Crippen LogP contribution is -2.19. The zero-order chi connectivity index (χ0) is 12.3. The molecule has 0 saturated carbocycles. The van der Waals surface area contributed by atoms with Gasteiger partial charge in [0.15, 0.2) is 0 Å². The van der Waals surface area contributed by atoms with Crippen LogP contribution in [0.2, 0.25) is 10.0 Å². The monoisotopic (exact) mass is 269 g/mol. The van der Waals surface area contributed by atoms with Crippen LogP contribution in [0.25, 0.3) is 0 Å². The number of hydrogen-bond acceptors (Lipinski definition) is 2. The van der Waals surface area contributed by atoms with Crippen molar-refractivity contribution in [3.05, 3.63) is 27.7 Å². The van der Waals surface area contributed by atoms with Crippen LogP contribution in [-0.2, 0) is 6.42 Å². The minimum absolute atomic E-state index is 0.0571. The average Bonchev–Trinajstić information content (AvgIpc) is 2.09. The molecule has 0 amide bonds. The van der Waals surface area contributed by atoms with Gasteiger partial charge in [-0.05, 0) is 31.0 Å². The van der Waals surface area contributed by atoms with Gasteiger partial charge in [0.25, 0.3) is 0 Å². The second kappa shape index (κ2) is 5.66. The van der Waals surface area contributed by atoms with Gasteiger partial charge in [-0.25, -0.2) is 0 Å². The van der Waals surface area contributed by atoms with Crippen LogP contribution in [0.3, 0.4) is 0 Å². The van der Waals surface area contributed by atoms with Crippen LogP contribution in [0, 0.1) is 0 Å². The first-order chi connectivity index (χ1) is 7.40. The van der Waals surface area contributed by atoms with E-state index in [0.29, 0.717) is 17.0 Å². The Morgan fingerprint density at radius 1 is 1.38 bits per heavy atom. The van der Waals surface area contributed by atoms with E-state index >= 15 is 0 Å². The van der Waals surface area contributed by atoms with Crippen molar-refractivity contribution in [1.82, 2.24) is 0 Å². The maximum Gasteiger partial charge on any atom is 0.387 e. The van der Waals surface area contributed by atoms with Crippen molar-refractivity contribution in [2.24, 2.45) is 5.73 Å². The summed E-state index contributed by atoms with van der Waals surface area (Å²) in [6, 6.07) is 2.68. The lowest BCUT2D eigenvalue weighted by atomic mass is 10.1. The summed E-state index contributed by atoms with van der Waals surface area (Å²) in [7, 11) is 0. The molecule has 1 aromatic rings. The van der Waals surface area contributed by atoms with E-state index in [1.807, 2.05) is 0 Å². The topological polar surface area (TPSA) is 35.2 Å². The van der Waals surface area contributed by atoms with Crippen LogP contribution in [0.5, 0.6) is 5.75 Å². The van der Waals surface area contributed by atoms with Crippen LogP contribution in [0.1, 0.15) is 12.5 Å². The summed E-state index contributed by atoms with van der Waals surface area (Å²) >= 11 is 11.6. The van der Waals surface area contributed by atoms with Crippen molar-refractivity contribution in [1.29, 1.82) is 0 Å². The predicted molar refractivity (Wildman–Crippen MR) is 60.4 cm³/mol. The Kier molecular flexibility index (Phi) is 4.77. The van der Waals surface area contributed by atoms with Gasteiger partial charge >= 0.3 is 6.61 Å². The first kappa shape index (κ1) is 13.5. The molecule has 2 N–H and O–H groups in total. The summed E-state index contributed by atoms with van der Waals surface area (Å²) < 4.78 is 28.7. The normalized spacial score (nSPS) is 12.9. The molecule has 2 nitrogen and oxygen atoms in total. The summed E-state index contributed by atoms with van der Waals surface area (Å²) in [5.41, 5.74) is 6.07. The van der Waals surface area contributed by atoms with Crippen LogP contribution in [0.4, 0.5) is 8.78 Å². The van der Waals surface area contributed by atoms with E-state index in [2.05, 4.69) is 4.74 Å². The molecule has 0 aliphatic heterocycles. The van der Waals surface area contributed by atoms with Crippen LogP contribution in [-0.4, -0.2) is 12.7 Å². The molecule has 0 aliphatic carbocycles. The van der Waals surface area contributed by atoms with Crippen molar-refractivity contribution in [2.45, 2.75) is 26.0 Å². The summed E-state index contributed by atoms with van der Waals surface area (Å²) in [6.07, 6.45) is 0.363. The highest BCUT2D eigenvalue weighted by molar-refractivity contribution is 6.35. The first-order valence-corrected chi connectivity index (χ1v) is 5.34. The second-order valence-corrected chi connectivity index (χ2v) is 4.28. The fourth-order valence-electron chi connectivity index (χ4n) is 1.33. The molecule has 0 heterocycles. The van der Waals surface area contributed by atoms with Crippen LogP contribution in [0.15, 0.2) is 12.1 Å². The average molecular weight is 270 g/mol. The smallest absolute Gasteiger partial charge is 0.387 e. The Labute approximate surface area is 102 Å². The highest BCUT2D eigenvalue weighted by atomic mass is 35.5. The minimum Gasteiger partial charge on any atom is -0.433 e. The highest BCUT2D eigenvalue weighted by Gasteiger charge is 2.15. The minimum atomic E-state index is -2.93. The second-order valence-electron chi connectivity index (χ2n) is 3.44. The first-order valence-electron chi connectivity index (χ1n) is 4.58. The summed E-state index contributed by atoms with van der Waals surface area (Å²) in [6.45, 7) is -1.17. The van der Waals surface area contributed by atoms with Crippen molar-refractivity contribution in [2.75, 3.05) is 0 Å². The third kappa shape index (κ3) is 3.77. The predicted octanol–water partition coefficient (Wildman–Crippen LogP) is 3.48. The van der Waals surface area contributed by atoms with E-state index in [4.69, 9.17) is 28.9 Å². The molecule has 0 bridgehead atoms. The summed E-state index contributed by atoms with van der Waals surface area (Å²) in [5, 5.41) is 0.422. The number of alkyl halides is 2. The Hall–Kier alpha value is -0.580. The van der Waals surface area contributed by atoms with Crippen molar-refractivity contribution in [3.8, 4) is 5.75 Å². The van der Waals surface area contributed by atoms with E-state index in [9.17, 15) is 8.78 Å². The number of rotatable bonds is 4. The molecule has 90 valence electrons. The molecule has 0 spiro atoms. The van der Waals surface area contributed by atoms with E-state index in [1.54, 1.807) is 6.92 Å².